The molecule has 0 amide bonds. The van der Waals surface area contributed by atoms with Crippen LogP contribution in [0.5, 0.6) is 0 Å². The van der Waals surface area contributed by atoms with Gasteiger partial charge < -0.3 is 0 Å². The summed E-state index contributed by atoms with van der Waals surface area (Å²) in [4.78, 5) is 0. The third kappa shape index (κ3) is 2.12. The number of hydrogen-bond acceptors (Lipinski definition) is 3. The Bertz CT molecular complexity index is 485. The van der Waals surface area contributed by atoms with Crippen LogP contribution in [-0.2, 0) is 0 Å². The van der Waals surface area contributed by atoms with Crippen LogP contribution in [0.4, 0.5) is 0 Å². The van der Waals surface area contributed by atoms with Crippen LogP contribution in [0, 0.1) is 0 Å². The Hall–Kier alpha value is 0.189. The summed E-state index contributed by atoms with van der Waals surface area (Å²) in [6, 6.07) is 6.59. The molecule has 0 N–H and O–H groups in total. The third-order valence-corrected chi connectivity index (χ3v) is 20.5. The van der Waals surface area contributed by atoms with Crippen molar-refractivity contribution in [1.82, 2.24) is 0 Å². The molecule has 0 aliphatic heterocycles. The van der Waals surface area contributed by atoms with E-state index in [2.05, 4.69) is 50.5 Å². The molecule has 0 radical (unpaired) electrons. The Morgan fingerprint density at radius 1 is 0.706 bits per heavy atom. The van der Waals surface area contributed by atoms with Gasteiger partial charge in [-0.25, -0.2) is 0 Å². The predicted molar refractivity (Wildman–Crippen MR) is 83.5 cm³/mol. The van der Waals surface area contributed by atoms with Crippen LogP contribution in [0.1, 0.15) is 0 Å². The number of hydrogen-bond donors (Lipinski definition) is 0. The van der Waals surface area contributed by atoms with Crippen molar-refractivity contribution >= 4 is 70.9 Å². The molecule has 5 heteroatoms. The van der Waals surface area contributed by atoms with Crippen molar-refractivity contribution in [1.29, 1.82) is 0 Å². The molecule has 17 heavy (non-hydrogen) atoms. The molecule has 3 heterocycles. The van der Waals surface area contributed by atoms with Gasteiger partial charge in [-0.2, -0.15) is 0 Å². The summed E-state index contributed by atoms with van der Waals surface area (Å²) in [5, 5.41) is 13.0. The average molecular weight is 404 g/mol. The van der Waals surface area contributed by atoms with Gasteiger partial charge in [-0.3, -0.25) is 0 Å². The molecule has 86 valence electrons. The van der Waals surface area contributed by atoms with E-state index in [4.69, 9.17) is 8.92 Å². The van der Waals surface area contributed by atoms with Crippen molar-refractivity contribution in [3.63, 3.8) is 0 Å². The van der Waals surface area contributed by atoms with Gasteiger partial charge in [0.25, 0.3) is 0 Å². The molecule has 0 aliphatic carbocycles. The zero-order valence-electron chi connectivity index (χ0n) is 8.80. The fraction of sp³-hybridized carbons (Fsp3) is 0. The minimum atomic E-state index is -3.08. The summed E-state index contributed by atoms with van der Waals surface area (Å²) < 4.78 is 4.09. The van der Waals surface area contributed by atoms with Crippen molar-refractivity contribution in [2.75, 3.05) is 0 Å². The van der Waals surface area contributed by atoms with E-state index in [1.807, 2.05) is 0 Å². The summed E-state index contributed by atoms with van der Waals surface area (Å²) in [5.74, 6) is 0. The minimum absolute atomic E-state index is 1.36. The molecule has 0 saturated carbocycles. The summed E-state index contributed by atoms with van der Waals surface area (Å²) in [6.45, 7) is 0. The second-order valence-corrected chi connectivity index (χ2v) is 18.5. The van der Waals surface area contributed by atoms with E-state index in [0.29, 0.717) is 0 Å². The quantitative estimate of drug-likeness (QED) is 0.590. The molecule has 0 nitrogen and oxygen atoms in total. The number of halogens is 1. The van der Waals surface area contributed by atoms with Gasteiger partial charge in [0.05, 0.1) is 0 Å². The van der Waals surface area contributed by atoms with Gasteiger partial charge in [0.1, 0.15) is 0 Å². The molecule has 0 spiro atoms. The van der Waals surface area contributed by atoms with Crippen LogP contribution in [0.15, 0.2) is 50.5 Å². The Morgan fingerprint density at radius 2 is 1.06 bits per heavy atom. The van der Waals surface area contributed by atoms with E-state index in [1.165, 1.54) is 10.7 Å². The van der Waals surface area contributed by atoms with Gasteiger partial charge >= 0.3 is 121 Å². The average Bonchev–Trinajstić information content (AvgIpc) is 3.10. The molecule has 0 fully saturated rings. The Morgan fingerprint density at radius 3 is 1.29 bits per heavy atom. The molecular formula is C12H9ClS3Sn. The molecular weight excluding hydrogens is 394 g/mol. The van der Waals surface area contributed by atoms with Crippen LogP contribution >= 0.6 is 42.9 Å². The SMILES string of the molecule is [Cl][Sn]([c]1ccsc1)([c]1ccsc1)[c]1ccsc1. The van der Waals surface area contributed by atoms with Gasteiger partial charge in [-0.1, -0.05) is 0 Å². The summed E-state index contributed by atoms with van der Waals surface area (Å²) >= 11 is 2.12. The summed E-state index contributed by atoms with van der Waals surface area (Å²) in [6.07, 6.45) is 0. The van der Waals surface area contributed by atoms with Crippen molar-refractivity contribution in [2.24, 2.45) is 0 Å². The van der Waals surface area contributed by atoms with E-state index in [0.717, 1.165) is 0 Å². The fourth-order valence-corrected chi connectivity index (χ4v) is 20.4. The Balaban J connectivity index is 2.21. The van der Waals surface area contributed by atoms with Gasteiger partial charge in [0, 0.05) is 0 Å². The predicted octanol–water partition coefficient (Wildman–Crippen LogP) is 3.08. The second-order valence-electron chi connectivity index (χ2n) is 3.69. The summed E-state index contributed by atoms with van der Waals surface area (Å²) in [7, 11) is 7.17. The molecule has 0 aromatic carbocycles. The molecule has 0 unspecified atom stereocenters. The standard InChI is InChI=1S/3C4H3S.ClH.Sn/c3*1-2-4-5-3-1;;/h3*1,3-4H;1H;/q;;;;+1/p-1. The zero-order valence-corrected chi connectivity index (χ0v) is 14.9. The monoisotopic (exact) mass is 404 g/mol. The van der Waals surface area contributed by atoms with Gasteiger partial charge in [0.2, 0.25) is 0 Å². The van der Waals surface area contributed by atoms with E-state index in [9.17, 15) is 0 Å². The summed E-state index contributed by atoms with van der Waals surface area (Å²) in [5.41, 5.74) is 0. The van der Waals surface area contributed by atoms with E-state index >= 15 is 0 Å². The number of rotatable bonds is 3. The molecule has 3 aromatic heterocycles. The zero-order chi connectivity index (χ0) is 11.7. The van der Waals surface area contributed by atoms with Crippen LogP contribution in [0.3, 0.4) is 0 Å². The Kier molecular flexibility index (Phi) is 3.64. The van der Waals surface area contributed by atoms with E-state index < -0.39 is 17.3 Å². The first-order valence-electron chi connectivity index (χ1n) is 5.09. The number of thiophene rings is 3. The van der Waals surface area contributed by atoms with Crippen molar-refractivity contribution in [3.05, 3.63) is 50.5 Å². The topological polar surface area (TPSA) is 0 Å². The molecule has 0 aliphatic rings. The van der Waals surface area contributed by atoms with Crippen LogP contribution in [0.25, 0.3) is 0 Å². The maximum atomic E-state index is 7.17. The fourth-order valence-electron chi connectivity index (χ4n) is 1.88. The van der Waals surface area contributed by atoms with Gasteiger partial charge in [-0.05, 0) is 0 Å². The normalized spacial score (nSPS) is 11.8. The molecule has 0 saturated heterocycles. The van der Waals surface area contributed by atoms with Crippen molar-refractivity contribution < 1.29 is 0 Å². The van der Waals surface area contributed by atoms with Gasteiger partial charge in [-0.15, -0.1) is 0 Å². The molecule has 3 aromatic rings. The molecule has 0 atom stereocenters. The molecule has 0 bridgehead atoms. The second kappa shape index (κ2) is 5.05. The van der Waals surface area contributed by atoms with Crippen molar-refractivity contribution in [2.45, 2.75) is 0 Å². The van der Waals surface area contributed by atoms with E-state index in [1.54, 1.807) is 34.0 Å². The Labute approximate surface area is 120 Å². The van der Waals surface area contributed by atoms with Crippen LogP contribution in [0.2, 0.25) is 0 Å². The van der Waals surface area contributed by atoms with Crippen molar-refractivity contribution in [3.8, 4) is 0 Å². The first kappa shape index (κ1) is 12.2. The molecule has 3 rings (SSSR count). The van der Waals surface area contributed by atoms with E-state index in [-0.39, 0.29) is 0 Å². The first-order valence-corrected chi connectivity index (χ1v) is 15.8. The van der Waals surface area contributed by atoms with Crippen LogP contribution < -0.4 is 10.7 Å². The van der Waals surface area contributed by atoms with Gasteiger partial charge in [0.15, 0.2) is 0 Å². The van der Waals surface area contributed by atoms with Crippen LogP contribution in [-0.4, -0.2) is 17.3 Å². The third-order valence-electron chi connectivity index (χ3n) is 2.76. The maximum absolute atomic E-state index is 7.17. The first-order chi connectivity index (χ1) is 8.32.